The molecule has 70 valence electrons. The van der Waals surface area contributed by atoms with Crippen molar-refractivity contribution in [2.24, 2.45) is 5.73 Å². The number of aryl methyl sites for hydroxylation is 2. The number of anilines is 1. The van der Waals surface area contributed by atoms with E-state index in [1.54, 1.807) is 0 Å². The van der Waals surface area contributed by atoms with Crippen LogP contribution in [0.1, 0.15) is 11.1 Å². The highest BCUT2D eigenvalue weighted by Gasteiger charge is 2.02. The molecule has 1 rings (SSSR count). The van der Waals surface area contributed by atoms with Crippen molar-refractivity contribution in [3.8, 4) is 0 Å². The van der Waals surface area contributed by atoms with Gasteiger partial charge in [0.15, 0.2) is 5.11 Å². The van der Waals surface area contributed by atoms with Crippen LogP contribution in [0.3, 0.4) is 0 Å². The van der Waals surface area contributed by atoms with Gasteiger partial charge in [-0.25, -0.2) is 0 Å². The second-order valence-electron chi connectivity index (χ2n) is 2.91. The van der Waals surface area contributed by atoms with Gasteiger partial charge in [0, 0.05) is 10.7 Å². The number of hydrogen-bond donors (Lipinski definition) is 2. The standard InChI is InChI=1S/C9H11ClN2S/c1-5-3-7(12-9(11)13)4-6(2)8(5)10/h3-4H,1-2H3,(H3,11,12,13). The van der Waals surface area contributed by atoms with E-state index in [9.17, 15) is 0 Å². The van der Waals surface area contributed by atoms with Crippen LogP contribution < -0.4 is 11.1 Å². The Balaban J connectivity index is 3.06. The quantitative estimate of drug-likeness (QED) is 0.706. The second-order valence-corrected chi connectivity index (χ2v) is 3.73. The molecule has 0 unspecified atom stereocenters. The van der Waals surface area contributed by atoms with Crippen LogP contribution in [0.25, 0.3) is 0 Å². The maximum absolute atomic E-state index is 5.99. The van der Waals surface area contributed by atoms with Gasteiger partial charge in [-0.2, -0.15) is 0 Å². The molecule has 0 aliphatic rings. The van der Waals surface area contributed by atoms with Crippen molar-refractivity contribution in [3.05, 3.63) is 28.3 Å². The van der Waals surface area contributed by atoms with E-state index >= 15 is 0 Å². The van der Waals surface area contributed by atoms with Gasteiger partial charge in [-0.3, -0.25) is 0 Å². The molecule has 0 bridgehead atoms. The predicted molar refractivity (Wildman–Crippen MR) is 61.3 cm³/mol. The van der Waals surface area contributed by atoms with E-state index < -0.39 is 0 Å². The van der Waals surface area contributed by atoms with Crippen molar-refractivity contribution >= 4 is 34.6 Å². The van der Waals surface area contributed by atoms with Gasteiger partial charge in [0.05, 0.1) is 0 Å². The normalized spacial score (nSPS) is 9.77. The van der Waals surface area contributed by atoms with Gasteiger partial charge in [-0.05, 0) is 49.3 Å². The summed E-state index contributed by atoms with van der Waals surface area (Å²) in [6.45, 7) is 3.89. The molecule has 2 nitrogen and oxygen atoms in total. The van der Waals surface area contributed by atoms with Crippen molar-refractivity contribution in [3.63, 3.8) is 0 Å². The minimum Gasteiger partial charge on any atom is -0.376 e. The number of nitrogens with two attached hydrogens (primary N) is 1. The molecule has 3 N–H and O–H groups in total. The van der Waals surface area contributed by atoms with Crippen LogP contribution in [0.4, 0.5) is 5.69 Å². The van der Waals surface area contributed by atoms with E-state index in [0.29, 0.717) is 0 Å². The summed E-state index contributed by atoms with van der Waals surface area (Å²) in [7, 11) is 0. The van der Waals surface area contributed by atoms with E-state index in [0.717, 1.165) is 21.8 Å². The number of halogens is 1. The Labute approximate surface area is 88.1 Å². The van der Waals surface area contributed by atoms with Crippen LogP contribution in [-0.2, 0) is 0 Å². The van der Waals surface area contributed by atoms with Gasteiger partial charge < -0.3 is 11.1 Å². The molecule has 0 heterocycles. The fourth-order valence-corrected chi connectivity index (χ4v) is 1.39. The third kappa shape index (κ3) is 2.57. The van der Waals surface area contributed by atoms with Gasteiger partial charge in [0.2, 0.25) is 0 Å². The fraction of sp³-hybridized carbons (Fsp3) is 0.222. The summed E-state index contributed by atoms with van der Waals surface area (Å²) in [5, 5.41) is 3.91. The maximum Gasteiger partial charge on any atom is 0.168 e. The molecule has 1 aromatic carbocycles. The highest BCUT2D eigenvalue weighted by molar-refractivity contribution is 7.80. The molecular formula is C9H11ClN2S. The van der Waals surface area contributed by atoms with Crippen molar-refractivity contribution < 1.29 is 0 Å². The largest absolute Gasteiger partial charge is 0.376 e. The van der Waals surface area contributed by atoms with E-state index in [1.807, 2.05) is 26.0 Å². The molecule has 0 spiro atoms. The number of benzene rings is 1. The number of hydrogen-bond acceptors (Lipinski definition) is 1. The summed E-state index contributed by atoms with van der Waals surface area (Å²) in [5.41, 5.74) is 8.26. The zero-order valence-electron chi connectivity index (χ0n) is 7.52. The molecule has 0 fully saturated rings. The monoisotopic (exact) mass is 214 g/mol. The van der Waals surface area contributed by atoms with Crippen LogP contribution in [0.5, 0.6) is 0 Å². The molecule has 0 saturated heterocycles. The molecule has 0 radical (unpaired) electrons. The maximum atomic E-state index is 5.99. The summed E-state index contributed by atoms with van der Waals surface area (Å²) >= 11 is 10.7. The van der Waals surface area contributed by atoms with Gasteiger partial charge in [-0.1, -0.05) is 11.6 Å². The first kappa shape index (κ1) is 10.3. The molecule has 13 heavy (non-hydrogen) atoms. The van der Waals surface area contributed by atoms with Crippen LogP contribution in [-0.4, -0.2) is 5.11 Å². The molecule has 0 saturated carbocycles. The molecule has 4 heteroatoms. The van der Waals surface area contributed by atoms with Crippen LogP contribution in [0.15, 0.2) is 12.1 Å². The summed E-state index contributed by atoms with van der Waals surface area (Å²) < 4.78 is 0. The van der Waals surface area contributed by atoms with Crippen molar-refractivity contribution in [1.29, 1.82) is 0 Å². The Bertz CT molecular complexity index is 326. The van der Waals surface area contributed by atoms with Crippen LogP contribution >= 0.6 is 23.8 Å². The Hall–Kier alpha value is -0.800. The summed E-state index contributed by atoms with van der Waals surface area (Å²) in [4.78, 5) is 0. The predicted octanol–water partition coefficient (Wildman–Crippen LogP) is 2.61. The first-order valence-electron chi connectivity index (χ1n) is 3.84. The number of thiocarbonyl (C=S) groups is 1. The number of rotatable bonds is 1. The molecule has 0 amide bonds. The molecular weight excluding hydrogens is 204 g/mol. The molecule has 0 atom stereocenters. The van der Waals surface area contributed by atoms with E-state index in [4.69, 9.17) is 29.6 Å². The van der Waals surface area contributed by atoms with Crippen molar-refractivity contribution in [2.75, 3.05) is 5.32 Å². The zero-order chi connectivity index (χ0) is 10.0. The topological polar surface area (TPSA) is 38.0 Å². The Morgan fingerprint density at radius 1 is 1.38 bits per heavy atom. The van der Waals surface area contributed by atoms with Gasteiger partial charge in [0.1, 0.15) is 0 Å². The van der Waals surface area contributed by atoms with Crippen molar-refractivity contribution in [1.82, 2.24) is 0 Å². The molecule has 0 aromatic heterocycles. The van der Waals surface area contributed by atoms with E-state index in [1.165, 1.54) is 0 Å². The summed E-state index contributed by atoms with van der Waals surface area (Å²) in [5.74, 6) is 0. The fourth-order valence-electron chi connectivity index (χ4n) is 1.16. The average Bonchev–Trinajstić information content (AvgIpc) is 1.98. The van der Waals surface area contributed by atoms with E-state index in [2.05, 4.69) is 5.32 Å². The highest BCUT2D eigenvalue weighted by atomic mass is 35.5. The van der Waals surface area contributed by atoms with Gasteiger partial charge >= 0.3 is 0 Å². The molecule has 0 aliphatic heterocycles. The lowest BCUT2D eigenvalue weighted by atomic mass is 10.1. The summed E-state index contributed by atoms with van der Waals surface area (Å²) in [6.07, 6.45) is 0. The first-order valence-corrected chi connectivity index (χ1v) is 4.62. The van der Waals surface area contributed by atoms with Crippen molar-refractivity contribution in [2.45, 2.75) is 13.8 Å². The zero-order valence-corrected chi connectivity index (χ0v) is 9.09. The minimum absolute atomic E-state index is 0.265. The smallest absolute Gasteiger partial charge is 0.168 e. The Morgan fingerprint density at radius 2 is 1.85 bits per heavy atom. The Kier molecular flexibility index (Phi) is 3.12. The lowest BCUT2D eigenvalue weighted by Crippen LogP contribution is -2.18. The van der Waals surface area contributed by atoms with Crippen LogP contribution in [0.2, 0.25) is 5.02 Å². The summed E-state index contributed by atoms with van der Waals surface area (Å²) in [6, 6.07) is 3.82. The van der Waals surface area contributed by atoms with Gasteiger partial charge in [-0.15, -0.1) is 0 Å². The average molecular weight is 215 g/mol. The third-order valence-electron chi connectivity index (χ3n) is 1.70. The van der Waals surface area contributed by atoms with Crippen LogP contribution in [0, 0.1) is 13.8 Å². The third-order valence-corrected chi connectivity index (χ3v) is 2.40. The van der Waals surface area contributed by atoms with Gasteiger partial charge in [0.25, 0.3) is 0 Å². The molecule has 1 aromatic rings. The number of nitrogens with one attached hydrogen (secondary N) is 1. The molecule has 0 aliphatic carbocycles. The Morgan fingerprint density at radius 3 is 2.23 bits per heavy atom. The lowest BCUT2D eigenvalue weighted by molar-refractivity contribution is 1.38. The highest BCUT2D eigenvalue weighted by Crippen LogP contribution is 2.24. The van der Waals surface area contributed by atoms with E-state index in [-0.39, 0.29) is 5.11 Å². The minimum atomic E-state index is 0.265. The second kappa shape index (κ2) is 3.94. The SMILES string of the molecule is Cc1cc(NC(N)=S)cc(C)c1Cl. The first-order chi connectivity index (χ1) is 6.00. The lowest BCUT2D eigenvalue weighted by Gasteiger charge is -2.08.